The quantitative estimate of drug-likeness (QED) is 0.0865. The minimum absolute atomic E-state index is 0.119. The summed E-state index contributed by atoms with van der Waals surface area (Å²) in [5.74, 6) is -0.406. The Morgan fingerprint density at radius 1 is 0.741 bits per heavy atom. The summed E-state index contributed by atoms with van der Waals surface area (Å²) >= 11 is 0. The molecule has 4 aromatic carbocycles. The van der Waals surface area contributed by atoms with E-state index in [-0.39, 0.29) is 18.4 Å². The molecule has 2 aliphatic rings. The summed E-state index contributed by atoms with van der Waals surface area (Å²) in [5, 5.41) is 14.8. The molecule has 6 aromatic rings. The lowest BCUT2D eigenvalue weighted by atomic mass is 9.79. The first-order valence-corrected chi connectivity index (χ1v) is 20.4. The Bertz CT molecular complexity index is 2740. The Morgan fingerprint density at radius 3 is 1.98 bits per heavy atom. The molecule has 0 amide bonds. The SMILES string of the molecule is Cn1c2ccccc2c2c3c(ccc21)[N+](CCCS(=O)(=O)[O-])=C(/C=C/C=C/C=C1/N(CCCO)c2ccc4c(c2C1(C)C)c1ccccc1n4C)C3(C)C. The summed E-state index contributed by atoms with van der Waals surface area (Å²) in [6.45, 7) is 10.3. The van der Waals surface area contributed by atoms with Gasteiger partial charge in [-0.15, -0.1) is 0 Å². The maximum atomic E-state index is 11.6. The summed E-state index contributed by atoms with van der Waals surface area (Å²) in [7, 11) is -0.108. The van der Waals surface area contributed by atoms with Crippen LogP contribution >= 0.6 is 0 Å². The predicted octanol–water partition coefficient (Wildman–Crippen LogP) is 8.46. The van der Waals surface area contributed by atoms with Crippen LogP contribution in [0, 0.1) is 0 Å². The number of nitrogens with zero attached hydrogens (tertiary/aromatic N) is 4. The lowest BCUT2D eigenvalue weighted by Gasteiger charge is -2.27. The zero-order valence-corrected chi connectivity index (χ0v) is 32.7. The number of rotatable bonds is 10. The standard InChI is InChI=1S/C45H48N4O4S/c1-44(2)38(48(26-14-28-50)36-24-22-34-40(42(36)44)30-16-10-12-18-32(30)46(34)5)20-8-7-9-21-39-45(3,4)43-37(49(39)27-15-29-54(51,52)53)25-23-35-41(43)31-17-11-13-19-33(31)47(35)6/h7-13,16-25,50H,14-15,26-29H2,1-6H3. The number of fused-ring (bicyclic) bond motifs is 10. The molecule has 0 fully saturated rings. The Labute approximate surface area is 317 Å². The molecule has 0 atom stereocenters. The van der Waals surface area contributed by atoms with Gasteiger partial charge in [0.2, 0.25) is 5.69 Å². The third kappa shape index (κ3) is 5.55. The molecular formula is C45H48N4O4S. The number of aryl methyl sites for hydroxylation is 2. The Balaban J connectivity index is 1.19. The van der Waals surface area contributed by atoms with Crippen molar-refractivity contribution < 1.29 is 22.7 Å². The first-order valence-electron chi connectivity index (χ1n) is 18.8. The number of hydrogen-bond acceptors (Lipinski definition) is 5. The van der Waals surface area contributed by atoms with Gasteiger partial charge in [0.05, 0.1) is 15.5 Å². The van der Waals surface area contributed by atoms with Crippen LogP contribution in [0.5, 0.6) is 0 Å². The van der Waals surface area contributed by atoms with Gasteiger partial charge in [0.25, 0.3) is 0 Å². The number of aromatic nitrogens is 2. The van der Waals surface area contributed by atoms with Crippen LogP contribution in [0.4, 0.5) is 11.4 Å². The molecule has 0 radical (unpaired) electrons. The zero-order chi connectivity index (χ0) is 38.2. The normalized spacial score (nSPS) is 17.6. The van der Waals surface area contributed by atoms with Crippen molar-refractivity contribution in [1.29, 1.82) is 0 Å². The second-order valence-corrected chi connectivity index (χ2v) is 17.3. The molecule has 0 unspecified atom stereocenters. The van der Waals surface area contributed by atoms with Crippen molar-refractivity contribution in [3.63, 3.8) is 0 Å². The summed E-state index contributed by atoms with van der Waals surface area (Å²) < 4.78 is 41.6. The van der Waals surface area contributed by atoms with Gasteiger partial charge < -0.3 is 23.7 Å². The number of aliphatic hydroxyl groups excluding tert-OH is 1. The molecule has 2 aromatic heterocycles. The summed E-state index contributed by atoms with van der Waals surface area (Å²) in [6.07, 6.45) is 11.4. The van der Waals surface area contributed by atoms with Crippen LogP contribution in [0.2, 0.25) is 0 Å². The van der Waals surface area contributed by atoms with Gasteiger partial charge in [-0.3, -0.25) is 0 Å². The van der Waals surface area contributed by atoms with E-state index in [0.29, 0.717) is 19.5 Å². The van der Waals surface area contributed by atoms with Crippen molar-refractivity contribution in [2.45, 2.75) is 51.4 Å². The van der Waals surface area contributed by atoms with Crippen molar-refractivity contribution in [1.82, 2.24) is 9.13 Å². The molecule has 1 N–H and O–H groups in total. The van der Waals surface area contributed by atoms with Crippen molar-refractivity contribution in [3.05, 3.63) is 120 Å². The Hall–Kier alpha value is -4.96. The van der Waals surface area contributed by atoms with E-state index < -0.39 is 21.3 Å². The fourth-order valence-corrected chi connectivity index (χ4v) is 9.93. The fraction of sp³-hybridized carbons (Fsp3) is 0.311. The van der Waals surface area contributed by atoms with E-state index in [1.54, 1.807) is 0 Å². The number of allylic oxidation sites excluding steroid dienone is 6. The van der Waals surface area contributed by atoms with Gasteiger partial charge in [-0.25, -0.2) is 8.42 Å². The second-order valence-electron chi connectivity index (χ2n) is 15.8. The van der Waals surface area contributed by atoms with Crippen molar-refractivity contribution >= 4 is 70.8 Å². The smallest absolute Gasteiger partial charge is 0.210 e. The average molecular weight is 741 g/mol. The second kappa shape index (κ2) is 13.1. The summed E-state index contributed by atoms with van der Waals surface area (Å²) in [4.78, 5) is 2.37. The highest BCUT2D eigenvalue weighted by Gasteiger charge is 2.46. The minimum Gasteiger partial charge on any atom is -0.748 e. The van der Waals surface area contributed by atoms with Crippen LogP contribution < -0.4 is 4.90 Å². The molecule has 0 saturated carbocycles. The highest BCUT2D eigenvalue weighted by Crippen LogP contribution is 2.52. The van der Waals surface area contributed by atoms with E-state index in [0.717, 1.165) is 22.4 Å². The highest BCUT2D eigenvalue weighted by atomic mass is 32.2. The molecule has 9 heteroatoms. The van der Waals surface area contributed by atoms with E-state index in [1.165, 1.54) is 55.1 Å². The molecule has 2 aliphatic heterocycles. The lowest BCUT2D eigenvalue weighted by Crippen LogP contribution is -2.28. The van der Waals surface area contributed by atoms with Gasteiger partial charge in [-0.1, -0.05) is 68.5 Å². The predicted molar refractivity (Wildman–Crippen MR) is 221 cm³/mol. The third-order valence-corrected chi connectivity index (χ3v) is 12.6. The molecule has 4 heterocycles. The Morgan fingerprint density at radius 2 is 1.35 bits per heavy atom. The van der Waals surface area contributed by atoms with Gasteiger partial charge >= 0.3 is 0 Å². The summed E-state index contributed by atoms with van der Waals surface area (Å²) in [5.41, 5.74) is 11.0. The number of hydrogen-bond donors (Lipinski definition) is 1. The van der Waals surface area contributed by atoms with Crippen molar-refractivity contribution in [2.75, 3.05) is 30.3 Å². The van der Waals surface area contributed by atoms with Crippen LogP contribution in [0.1, 0.15) is 51.7 Å². The fourth-order valence-electron chi connectivity index (χ4n) is 9.45. The van der Waals surface area contributed by atoms with E-state index in [2.05, 4.69) is 164 Å². The zero-order valence-electron chi connectivity index (χ0n) is 31.9. The van der Waals surface area contributed by atoms with Gasteiger partial charge in [0.15, 0.2) is 5.71 Å². The lowest BCUT2D eigenvalue weighted by molar-refractivity contribution is -0.437. The van der Waals surface area contributed by atoms with Gasteiger partial charge in [0, 0.05) is 118 Å². The van der Waals surface area contributed by atoms with Gasteiger partial charge in [-0.2, -0.15) is 4.58 Å². The third-order valence-electron chi connectivity index (χ3n) is 11.9. The van der Waals surface area contributed by atoms with E-state index in [1.807, 2.05) is 0 Å². The topological polar surface area (TPSA) is 93.5 Å². The minimum atomic E-state index is -4.34. The first-order chi connectivity index (χ1) is 25.8. The van der Waals surface area contributed by atoms with Crippen molar-refractivity contribution in [3.8, 4) is 0 Å². The molecule has 0 bridgehead atoms. The van der Waals surface area contributed by atoms with Crippen LogP contribution in [0.15, 0.2) is 109 Å². The van der Waals surface area contributed by atoms with Crippen LogP contribution in [-0.2, 0) is 35.0 Å². The van der Waals surface area contributed by atoms with E-state index in [9.17, 15) is 18.1 Å². The van der Waals surface area contributed by atoms with Crippen molar-refractivity contribution in [2.24, 2.45) is 14.1 Å². The molecule has 8 rings (SSSR count). The molecule has 8 nitrogen and oxygen atoms in total. The maximum Gasteiger partial charge on any atom is 0.210 e. The molecule has 0 spiro atoms. The highest BCUT2D eigenvalue weighted by molar-refractivity contribution is 7.85. The average Bonchev–Trinajstić information content (AvgIpc) is 3.74. The van der Waals surface area contributed by atoms with Crippen LogP contribution in [-0.4, -0.2) is 62.9 Å². The summed E-state index contributed by atoms with van der Waals surface area (Å²) in [6, 6.07) is 25.8. The molecular weight excluding hydrogens is 693 g/mol. The molecule has 0 aliphatic carbocycles. The van der Waals surface area contributed by atoms with Gasteiger partial charge in [-0.05, 0) is 62.2 Å². The van der Waals surface area contributed by atoms with Crippen LogP contribution in [0.25, 0.3) is 43.6 Å². The van der Waals surface area contributed by atoms with E-state index >= 15 is 0 Å². The number of para-hydroxylation sites is 2. The number of benzene rings is 4. The van der Waals surface area contributed by atoms with Gasteiger partial charge in [0.1, 0.15) is 6.54 Å². The first kappa shape index (κ1) is 36.0. The number of anilines is 1. The monoisotopic (exact) mass is 740 g/mol. The number of aliphatic hydroxyl groups is 1. The molecule has 0 saturated heterocycles. The van der Waals surface area contributed by atoms with Crippen LogP contribution in [0.3, 0.4) is 0 Å². The maximum absolute atomic E-state index is 11.6. The molecule has 54 heavy (non-hydrogen) atoms. The van der Waals surface area contributed by atoms with E-state index in [4.69, 9.17) is 0 Å². The Kier molecular flexibility index (Phi) is 8.75. The largest absolute Gasteiger partial charge is 0.748 e. The molecule has 278 valence electrons.